The predicted octanol–water partition coefficient (Wildman–Crippen LogP) is 1.96. The summed E-state index contributed by atoms with van der Waals surface area (Å²) in [7, 11) is 0. The monoisotopic (exact) mass is 284 g/mol. The van der Waals surface area contributed by atoms with E-state index in [1.165, 1.54) is 12.1 Å². The fourth-order valence-electron chi connectivity index (χ4n) is 1.76. The number of hydrogen-bond donors (Lipinski definition) is 1. The lowest BCUT2D eigenvalue weighted by molar-refractivity contribution is 0.199. The van der Waals surface area contributed by atoms with E-state index >= 15 is 0 Å². The Labute approximate surface area is 116 Å². The summed E-state index contributed by atoms with van der Waals surface area (Å²) in [6.45, 7) is 2.33. The number of amides is 2. The minimum absolute atomic E-state index is 0.0526. The second kappa shape index (κ2) is 7.23. The highest BCUT2D eigenvalue weighted by Gasteiger charge is 2.15. The van der Waals surface area contributed by atoms with Gasteiger partial charge in [-0.15, -0.1) is 0 Å². The third-order valence-electron chi connectivity index (χ3n) is 2.74. The van der Waals surface area contributed by atoms with Gasteiger partial charge in [-0.1, -0.05) is 6.07 Å². The zero-order valence-corrected chi connectivity index (χ0v) is 11.4. The number of hydrogen-bond acceptors (Lipinski definition) is 3. The molecule has 1 aliphatic rings. The maximum Gasteiger partial charge on any atom is 0.317 e. The lowest BCUT2D eigenvalue weighted by atomic mass is 10.3. The highest BCUT2D eigenvalue weighted by molar-refractivity contribution is 7.99. The molecule has 2 rings (SSSR count). The zero-order valence-electron chi connectivity index (χ0n) is 10.6. The largest absolute Gasteiger partial charge is 0.492 e. The third kappa shape index (κ3) is 4.63. The summed E-state index contributed by atoms with van der Waals surface area (Å²) in [5.41, 5.74) is 0. The number of urea groups is 1. The molecule has 1 N–H and O–H groups in total. The molecule has 1 fully saturated rings. The number of nitrogens with one attached hydrogen (secondary N) is 1. The molecule has 1 heterocycles. The van der Waals surface area contributed by atoms with Crippen LogP contribution in [0.1, 0.15) is 0 Å². The van der Waals surface area contributed by atoms with Gasteiger partial charge in [-0.25, -0.2) is 9.18 Å². The van der Waals surface area contributed by atoms with E-state index in [0.717, 1.165) is 24.6 Å². The van der Waals surface area contributed by atoms with Gasteiger partial charge in [0.25, 0.3) is 0 Å². The minimum Gasteiger partial charge on any atom is -0.492 e. The number of carbonyl (C=O) groups is 1. The molecular weight excluding hydrogens is 267 g/mol. The van der Waals surface area contributed by atoms with Crippen LogP contribution in [0.2, 0.25) is 0 Å². The van der Waals surface area contributed by atoms with E-state index < -0.39 is 0 Å². The number of carbonyl (C=O) groups excluding carboxylic acids is 1. The molecule has 0 spiro atoms. The van der Waals surface area contributed by atoms with Gasteiger partial charge in [-0.05, 0) is 12.1 Å². The van der Waals surface area contributed by atoms with Gasteiger partial charge >= 0.3 is 6.03 Å². The van der Waals surface area contributed by atoms with E-state index in [4.69, 9.17) is 4.74 Å². The molecule has 1 saturated heterocycles. The molecule has 6 heteroatoms. The van der Waals surface area contributed by atoms with Crippen LogP contribution in [-0.2, 0) is 0 Å². The van der Waals surface area contributed by atoms with Crippen LogP contribution in [0.25, 0.3) is 0 Å². The Kier molecular flexibility index (Phi) is 5.32. The predicted molar refractivity (Wildman–Crippen MR) is 74.2 cm³/mol. The van der Waals surface area contributed by atoms with E-state index in [-0.39, 0.29) is 11.8 Å². The van der Waals surface area contributed by atoms with Crippen LogP contribution >= 0.6 is 11.8 Å². The van der Waals surface area contributed by atoms with E-state index in [9.17, 15) is 9.18 Å². The van der Waals surface area contributed by atoms with Crippen molar-refractivity contribution >= 4 is 17.8 Å². The Morgan fingerprint density at radius 3 is 2.95 bits per heavy atom. The molecule has 1 aromatic carbocycles. The van der Waals surface area contributed by atoms with Crippen LogP contribution in [0.5, 0.6) is 5.75 Å². The number of rotatable bonds is 4. The molecule has 0 aromatic heterocycles. The lowest BCUT2D eigenvalue weighted by Gasteiger charge is -2.26. The van der Waals surface area contributed by atoms with Crippen LogP contribution < -0.4 is 10.1 Å². The van der Waals surface area contributed by atoms with Gasteiger partial charge in [-0.3, -0.25) is 0 Å². The number of benzene rings is 1. The molecule has 0 atom stereocenters. The van der Waals surface area contributed by atoms with E-state index in [1.807, 2.05) is 11.8 Å². The van der Waals surface area contributed by atoms with Gasteiger partial charge in [0.15, 0.2) is 0 Å². The molecule has 0 radical (unpaired) electrons. The maximum atomic E-state index is 12.9. The fourth-order valence-corrected chi connectivity index (χ4v) is 2.66. The first-order chi connectivity index (χ1) is 9.25. The highest BCUT2D eigenvalue weighted by atomic mass is 32.2. The average molecular weight is 284 g/mol. The molecule has 104 valence electrons. The Hall–Kier alpha value is -1.43. The lowest BCUT2D eigenvalue weighted by Crippen LogP contribution is -2.45. The Morgan fingerprint density at radius 2 is 2.21 bits per heavy atom. The SMILES string of the molecule is O=C(NCCOc1cccc(F)c1)N1CCSCC1. The standard InChI is InChI=1S/C13H17FN2O2S/c14-11-2-1-3-12(10-11)18-7-4-15-13(17)16-5-8-19-9-6-16/h1-3,10H,4-9H2,(H,15,17). The van der Waals surface area contributed by atoms with Crippen LogP contribution in [0, 0.1) is 5.82 Å². The second-order valence-corrected chi connectivity index (χ2v) is 5.36. The Balaban J connectivity index is 1.65. The van der Waals surface area contributed by atoms with E-state index in [0.29, 0.717) is 18.9 Å². The summed E-state index contributed by atoms with van der Waals surface area (Å²) in [6, 6.07) is 5.91. The smallest absolute Gasteiger partial charge is 0.317 e. The van der Waals surface area contributed by atoms with E-state index in [1.54, 1.807) is 17.0 Å². The molecule has 0 bridgehead atoms. The highest BCUT2D eigenvalue weighted by Crippen LogP contribution is 2.11. The topological polar surface area (TPSA) is 41.6 Å². The van der Waals surface area contributed by atoms with Crippen LogP contribution in [0.15, 0.2) is 24.3 Å². The van der Waals surface area contributed by atoms with Gasteiger partial charge in [-0.2, -0.15) is 11.8 Å². The number of thioether (sulfide) groups is 1. The third-order valence-corrected chi connectivity index (χ3v) is 3.68. The zero-order chi connectivity index (χ0) is 13.5. The van der Waals surface area contributed by atoms with Crippen molar-refractivity contribution in [1.29, 1.82) is 0 Å². The summed E-state index contributed by atoms with van der Waals surface area (Å²) in [5, 5.41) is 2.80. The molecule has 4 nitrogen and oxygen atoms in total. The summed E-state index contributed by atoms with van der Waals surface area (Å²) in [5.74, 6) is 2.14. The molecule has 2 amide bonds. The second-order valence-electron chi connectivity index (χ2n) is 4.14. The number of nitrogens with zero attached hydrogens (tertiary/aromatic N) is 1. The first kappa shape index (κ1) is 14.0. The first-order valence-corrected chi connectivity index (χ1v) is 7.40. The van der Waals surface area contributed by atoms with Gasteiger partial charge in [0.1, 0.15) is 18.2 Å². The molecule has 1 aromatic rings. The van der Waals surface area contributed by atoms with Crippen molar-refractivity contribution in [3.05, 3.63) is 30.1 Å². The molecule has 0 saturated carbocycles. The molecule has 0 aliphatic carbocycles. The average Bonchev–Trinajstić information content (AvgIpc) is 2.44. The number of halogens is 1. The van der Waals surface area contributed by atoms with Crippen LogP contribution in [-0.4, -0.2) is 48.7 Å². The summed E-state index contributed by atoms with van der Waals surface area (Å²) in [4.78, 5) is 13.6. The van der Waals surface area contributed by atoms with Gasteiger partial charge in [0.2, 0.25) is 0 Å². The van der Waals surface area contributed by atoms with Crippen molar-refractivity contribution < 1.29 is 13.9 Å². The summed E-state index contributed by atoms with van der Waals surface area (Å²) < 4.78 is 18.2. The Bertz CT molecular complexity index is 425. The maximum absolute atomic E-state index is 12.9. The fraction of sp³-hybridized carbons (Fsp3) is 0.462. The normalized spacial score (nSPS) is 15.1. The molecule has 0 unspecified atom stereocenters. The van der Waals surface area contributed by atoms with Crippen molar-refractivity contribution in [3.8, 4) is 5.75 Å². The van der Waals surface area contributed by atoms with Gasteiger partial charge in [0.05, 0.1) is 6.54 Å². The molecular formula is C13H17FN2O2S. The van der Waals surface area contributed by atoms with Crippen LogP contribution in [0.4, 0.5) is 9.18 Å². The van der Waals surface area contributed by atoms with Crippen molar-refractivity contribution in [1.82, 2.24) is 10.2 Å². The first-order valence-electron chi connectivity index (χ1n) is 6.24. The van der Waals surface area contributed by atoms with Crippen molar-refractivity contribution in [2.45, 2.75) is 0 Å². The van der Waals surface area contributed by atoms with Crippen LogP contribution in [0.3, 0.4) is 0 Å². The summed E-state index contributed by atoms with van der Waals surface area (Å²) in [6.07, 6.45) is 0. The summed E-state index contributed by atoms with van der Waals surface area (Å²) >= 11 is 1.86. The molecule has 1 aliphatic heterocycles. The van der Waals surface area contributed by atoms with E-state index in [2.05, 4.69) is 5.32 Å². The van der Waals surface area contributed by atoms with Crippen molar-refractivity contribution in [2.75, 3.05) is 37.7 Å². The van der Waals surface area contributed by atoms with Gasteiger partial charge in [0, 0.05) is 30.7 Å². The minimum atomic E-state index is -0.327. The quantitative estimate of drug-likeness (QED) is 0.859. The van der Waals surface area contributed by atoms with Gasteiger partial charge < -0.3 is 15.0 Å². The van der Waals surface area contributed by atoms with Crippen molar-refractivity contribution in [3.63, 3.8) is 0 Å². The van der Waals surface area contributed by atoms with Crippen molar-refractivity contribution in [2.24, 2.45) is 0 Å². The Morgan fingerprint density at radius 1 is 1.42 bits per heavy atom. The molecule has 19 heavy (non-hydrogen) atoms. The number of ether oxygens (including phenoxy) is 1.